The summed E-state index contributed by atoms with van der Waals surface area (Å²) in [6, 6.07) is 60.2. The van der Waals surface area contributed by atoms with Gasteiger partial charge < -0.3 is 4.57 Å². The first kappa shape index (κ1) is 30.4. The number of pyridine rings is 2. The fraction of sp³-hybridized carbons (Fsp3) is 0. The molecule has 4 heteroatoms. The third-order valence-corrected chi connectivity index (χ3v) is 13.4. The Balaban J connectivity index is 1.33. The fourth-order valence-electron chi connectivity index (χ4n) is 8.06. The third-order valence-electron chi connectivity index (χ3n) is 10.4. The summed E-state index contributed by atoms with van der Waals surface area (Å²) in [5, 5.41) is 12.8. The third kappa shape index (κ3) is 4.64. The van der Waals surface area contributed by atoms with Crippen LogP contribution >= 0.6 is 7.14 Å². The number of fused-ring (bicyclic) bond motifs is 10. The van der Waals surface area contributed by atoms with Crippen LogP contribution in [0.3, 0.4) is 0 Å². The van der Waals surface area contributed by atoms with Gasteiger partial charge in [-0.05, 0) is 56.3 Å². The Kier molecular flexibility index (Phi) is 7.09. The Morgan fingerprint density at radius 3 is 1.58 bits per heavy atom. The van der Waals surface area contributed by atoms with E-state index in [1.165, 1.54) is 26.9 Å². The summed E-state index contributed by atoms with van der Waals surface area (Å²) in [6.07, 6.45) is 3.84. The molecule has 0 saturated heterocycles. The maximum Gasteiger partial charge on any atom is 0.171 e. The molecule has 0 radical (unpaired) electrons. The minimum atomic E-state index is -3.19. The molecule has 0 aliphatic carbocycles. The standard InChI is InChI=1S/C48H31N2OP/c51-52(34-18-6-2-7-19-34,35-20-8-3-9-21-35)36-22-14-17-33(29-36)42-30-44-45(41-27-28-49-31-43(41)42)46-39-25-12-10-23-37(39)38-24-11-13-26-40(38)47(46)48(50-44)32-15-4-1-5-16-32/h1-31H. The molecular formula is C48H31N2OP. The first-order valence-corrected chi connectivity index (χ1v) is 19.2. The van der Waals surface area contributed by atoms with Crippen LogP contribution in [0.15, 0.2) is 188 Å². The molecule has 10 aromatic rings. The predicted octanol–water partition coefficient (Wildman–Crippen LogP) is 11.2. The number of nitrogens with zero attached hydrogens (tertiary/aromatic N) is 2. The summed E-state index contributed by atoms with van der Waals surface area (Å²) in [6.45, 7) is 0. The average molecular weight is 683 g/mol. The first-order valence-electron chi connectivity index (χ1n) is 17.5. The molecule has 0 atom stereocenters. The second kappa shape index (κ2) is 12.1. The van der Waals surface area contributed by atoms with Gasteiger partial charge in [0.25, 0.3) is 0 Å². The van der Waals surface area contributed by atoms with Crippen LogP contribution in [0, 0.1) is 0 Å². The van der Waals surface area contributed by atoms with Gasteiger partial charge >= 0.3 is 0 Å². The molecule has 0 spiro atoms. The van der Waals surface area contributed by atoms with E-state index in [9.17, 15) is 0 Å². The van der Waals surface area contributed by atoms with E-state index in [0.29, 0.717) is 0 Å². The lowest BCUT2D eigenvalue weighted by molar-refractivity contribution is 0.592. The summed E-state index contributed by atoms with van der Waals surface area (Å²) < 4.78 is 15.4. The number of hydrogen-bond donors (Lipinski definition) is 0. The Hall–Kier alpha value is -6.41. The molecule has 0 saturated carbocycles. The van der Waals surface area contributed by atoms with E-state index in [0.717, 1.165) is 65.4 Å². The van der Waals surface area contributed by atoms with E-state index in [1.54, 1.807) is 0 Å². The maximum atomic E-state index is 15.4. The fourth-order valence-corrected chi connectivity index (χ4v) is 10.8. The molecular weight excluding hydrogens is 652 g/mol. The van der Waals surface area contributed by atoms with Gasteiger partial charge in [0, 0.05) is 55.4 Å². The van der Waals surface area contributed by atoms with Crippen LogP contribution in [0.2, 0.25) is 0 Å². The van der Waals surface area contributed by atoms with Crippen molar-refractivity contribution >= 4 is 77.0 Å². The molecule has 52 heavy (non-hydrogen) atoms. The molecule has 0 unspecified atom stereocenters. The van der Waals surface area contributed by atoms with E-state index in [1.807, 2.05) is 85.2 Å². The summed E-state index contributed by atoms with van der Waals surface area (Å²) in [5.41, 5.74) is 4.90. The van der Waals surface area contributed by atoms with Crippen molar-refractivity contribution in [3.05, 3.63) is 188 Å². The van der Waals surface area contributed by atoms with Crippen LogP contribution in [0.1, 0.15) is 0 Å². The topological polar surface area (TPSA) is 42.9 Å². The quantitative estimate of drug-likeness (QED) is 0.134. The molecule has 10 rings (SSSR count). The van der Waals surface area contributed by atoms with Gasteiger partial charge in [0.15, 0.2) is 7.14 Å². The highest BCUT2D eigenvalue weighted by atomic mass is 31.2. The highest BCUT2D eigenvalue weighted by Crippen LogP contribution is 2.47. The Labute approximate surface area is 301 Å². The lowest BCUT2D eigenvalue weighted by atomic mass is 9.87. The normalized spacial score (nSPS) is 11.9. The second-order valence-electron chi connectivity index (χ2n) is 13.2. The van der Waals surface area contributed by atoms with Gasteiger partial charge in [0.2, 0.25) is 0 Å². The monoisotopic (exact) mass is 682 g/mol. The average Bonchev–Trinajstić information content (AvgIpc) is 3.23. The predicted molar refractivity (Wildman–Crippen MR) is 220 cm³/mol. The van der Waals surface area contributed by atoms with Crippen molar-refractivity contribution in [2.45, 2.75) is 0 Å². The van der Waals surface area contributed by atoms with Gasteiger partial charge in [0.1, 0.15) is 0 Å². The van der Waals surface area contributed by atoms with Crippen LogP contribution in [0.5, 0.6) is 0 Å². The van der Waals surface area contributed by atoms with Crippen LogP contribution in [-0.2, 0) is 4.57 Å². The lowest BCUT2D eigenvalue weighted by Crippen LogP contribution is -2.25. The molecule has 0 aliphatic heterocycles. The van der Waals surface area contributed by atoms with E-state index in [2.05, 4.69) is 108 Å². The van der Waals surface area contributed by atoms with Crippen molar-refractivity contribution < 1.29 is 4.57 Å². The number of rotatable bonds is 5. The molecule has 244 valence electrons. The first-order chi connectivity index (χ1) is 25.7. The van der Waals surface area contributed by atoms with Gasteiger partial charge in [-0.1, -0.05) is 158 Å². The van der Waals surface area contributed by atoms with Crippen LogP contribution in [-0.4, -0.2) is 9.97 Å². The summed E-state index contributed by atoms with van der Waals surface area (Å²) in [5.74, 6) is 0. The largest absolute Gasteiger partial charge is 0.309 e. The highest BCUT2D eigenvalue weighted by Gasteiger charge is 2.30. The van der Waals surface area contributed by atoms with Crippen LogP contribution in [0.4, 0.5) is 0 Å². The van der Waals surface area contributed by atoms with Gasteiger partial charge in [-0.3, -0.25) is 4.98 Å². The zero-order valence-corrected chi connectivity index (χ0v) is 29.0. The van der Waals surface area contributed by atoms with E-state index < -0.39 is 7.14 Å². The molecule has 0 aliphatic rings. The minimum absolute atomic E-state index is 0.786. The molecule has 2 heterocycles. The number of aromatic nitrogens is 2. The molecule has 0 bridgehead atoms. The van der Waals surface area contributed by atoms with Crippen molar-refractivity contribution in [2.24, 2.45) is 0 Å². The van der Waals surface area contributed by atoms with Crippen LogP contribution < -0.4 is 15.9 Å². The molecule has 0 N–H and O–H groups in total. The second-order valence-corrected chi connectivity index (χ2v) is 16.0. The molecule has 2 aromatic heterocycles. The summed E-state index contributed by atoms with van der Waals surface area (Å²) >= 11 is 0. The Bertz CT molecular complexity index is 2990. The van der Waals surface area contributed by atoms with Gasteiger partial charge in [-0.15, -0.1) is 0 Å². The molecule has 0 amide bonds. The van der Waals surface area contributed by atoms with Crippen molar-refractivity contribution in [3.8, 4) is 22.4 Å². The molecule has 8 aromatic carbocycles. The minimum Gasteiger partial charge on any atom is -0.309 e. The SMILES string of the molecule is O=P(c1ccccc1)(c1ccccc1)c1cccc(-c2cc3nc(-c4ccccc4)c4c5ccccc5c5ccccc5c4c3c3ccncc23)c1. The maximum absolute atomic E-state index is 15.4. The zero-order valence-electron chi connectivity index (χ0n) is 28.1. The molecule has 0 fully saturated rings. The van der Waals surface area contributed by atoms with E-state index in [-0.39, 0.29) is 0 Å². The Morgan fingerprint density at radius 1 is 0.404 bits per heavy atom. The number of hydrogen-bond acceptors (Lipinski definition) is 3. The van der Waals surface area contributed by atoms with Crippen molar-refractivity contribution in [1.82, 2.24) is 9.97 Å². The van der Waals surface area contributed by atoms with E-state index in [4.69, 9.17) is 4.98 Å². The van der Waals surface area contributed by atoms with E-state index >= 15 is 4.57 Å². The summed E-state index contributed by atoms with van der Waals surface area (Å²) in [4.78, 5) is 10.2. The van der Waals surface area contributed by atoms with Gasteiger partial charge in [0.05, 0.1) is 11.2 Å². The highest BCUT2D eigenvalue weighted by molar-refractivity contribution is 7.85. The van der Waals surface area contributed by atoms with Crippen molar-refractivity contribution in [3.63, 3.8) is 0 Å². The van der Waals surface area contributed by atoms with Gasteiger partial charge in [-0.2, -0.15) is 0 Å². The van der Waals surface area contributed by atoms with Gasteiger partial charge in [-0.25, -0.2) is 4.98 Å². The number of benzene rings is 8. The molecule has 3 nitrogen and oxygen atoms in total. The zero-order chi connectivity index (χ0) is 34.6. The van der Waals surface area contributed by atoms with Crippen LogP contribution in [0.25, 0.3) is 76.4 Å². The summed E-state index contributed by atoms with van der Waals surface area (Å²) in [7, 11) is -3.19. The van der Waals surface area contributed by atoms with Crippen molar-refractivity contribution in [1.29, 1.82) is 0 Å². The Morgan fingerprint density at radius 2 is 0.923 bits per heavy atom. The lowest BCUT2D eigenvalue weighted by Gasteiger charge is -2.21. The van der Waals surface area contributed by atoms with Crippen molar-refractivity contribution in [2.75, 3.05) is 0 Å². The smallest absolute Gasteiger partial charge is 0.171 e.